The quantitative estimate of drug-likeness (QED) is 0.834. The van der Waals surface area contributed by atoms with E-state index in [1.54, 1.807) is 16.7 Å². The van der Waals surface area contributed by atoms with Crippen molar-refractivity contribution in [2.45, 2.75) is 38.0 Å². The second-order valence-electron chi connectivity index (χ2n) is 6.17. The molecule has 0 aromatic heterocycles. The number of hydrogen-bond acceptors (Lipinski definition) is 5. The van der Waals surface area contributed by atoms with Crippen LogP contribution in [0.4, 0.5) is 0 Å². The Hall–Kier alpha value is -0.270. The van der Waals surface area contributed by atoms with Crippen molar-refractivity contribution < 1.29 is 13.2 Å². The predicted octanol–water partition coefficient (Wildman–Crippen LogP) is 1.10. The zero-order valence-electron chi connectivity index (χ0n) is 12.9. The van der Waals surface area contributed by atoms with Crippen molar-refractivity contribution in [3.63, 3.8) is 0 Å². The number of amides is 1. The van der Waals surface area contributed by atoms with Crippen molar-refractivity contribution in [1.82, 2.24) is 10.2 Å². The first-order valence-electron chi connectivity index (χ1n) is 7.69. The van der Waals surface area contributed by atoms with E-state index >= 15 is 0 Å². The van der Waals surface area contributed by atoms with Crippen LogP contribution in [0.5, 0.6) is 0 Å². The number of rotatable bonds is 4. The molecule has 0 aromatic carbocycles. The molecule has 2 aliphatic rings. The maximum Gasteiger partial charge on any atom is 0.231 e. The van der Waals surface area contributed by atoms with Gasteiger partial charge in [0.15, 0.2) is 9.84 Å². The average Bonchev–Trinajstić information content (AvgIpc) is 2.47. The average molecular weight is 335 g/mol. The fraction of sp³-hybridized carbons (Fsp3) is 0.929. The summed E-state index contributed by atoms with van der Waals surface area (Å²) in [6.45, 7) is 4.26. The minimum Gasteiger partial charge on any atom is -0.323 e. The van der Waals surface area contributed by atoms with Crippen molar-refractivity contribution in [1.29, 1.82) is 0 Å². The minimum atomic E-state index is -3.24. The topological polar surface area (TPSA) is 66.5 Å². The number of hydrogen-bond donors (Lipinski definition) is 1. The molecule has 0 aromatic rings. The first-order valence-corrected chi connectivity index (χ1v) is 10.8. The number of nitrogens with zero attached hydrogens (tertiary/aromatic N) is 1. The molecule has 2 fully saturated rings. The Balaban J connectivity index is 2.25. The first kappa shape index (κ1) is 17.1. The van der Waals surface area contributed by atoms with Crippen LogP contribution in [0.15, 0.2) is 0 Å². The van der Waals surface area contributed by atoms with Crippen LogP contribution in [0, 0.1) is 5.41 Å². The van der Waals surface area contributed by atoms with Crippen molar-refractivity contribution in [3.05, 3.63) is 0 Å². The normalized spacial score (nSPS) is 31.1. The van der Waals surface area contributed by atoms with Crippen LogP contribution in [0.3, 0.4) is 0 Å². The van der Waals surface area contributed by atoms with E-state index in [4.69, 9.17) is 0 Å². The van der Waals surface area contributed by atoms with Crippen LogP contribution in [0.25, 0.3) is 0 Å². The summed E-state index contributed by atoms with van der Waals surface area (Å²) in [4.78, 5) is 14.8. The molecule has 2 unspecified atom stereocenters. The number of thioether (sulfide) groups is 1. The molecule has 2 heterocycles. The Morgan fingerprint density at radius 2 is 2.24 bits per heavy atom. The summed E-state index contributed by atoms with van der Waals surface area (Å²) in [5.41, 5.74) is -0.405. The minimum absolute atomic E-state index is 0.0484. The van der Waals surface area contributed by atoms with E-state index in [1.807, 2.05) is 0 Å². The van der Waals surface area contributed by atoms with E-state index in [9.17, 15) is 13.2 Å². The van der Waals surface area contributed by atoms with E-state index < -0.39 is 20.6 Å². The number of piperidine rings is 1. The molecule has 0 bridgehead atoms. The lowest BCUT2D eigenvalue weighted by molar-refractivity contribution is -0.144. The summed E-state index contributed by atoms with van der Waals surface area (Å²) in [6.07, 6.45) is 4.87. The predicted molar refractivity (Wildman–Crippen MR) is 87.1 cm³/mol. The molecule has 5 nitrogen and oxygen atoms in total. The van der Waals surface area contributed by atoms with Crippen LogP contribution < -0.4 is 5.32 Å². The maximum atomic E-state index is 13.1. The molecule has 0 radical (unpaired) electrons. The highest BCUT2D eigenvalue weighted by Crippen LogP contribution is 2.36. The maximum absolute atomic E-state index is 13.1. The summed E-state index contributed by atoms with van der Waals surface area (Å²) >= 11 is 1.62. The van der Waals surface area contributed by atoms with E-state index in [1.165, 1.54) is 6.26 Å². The Labute approximate surface area is 132 Å². The summed E-state index contributed by atoms with van der Waals surface area (Å²) in [6, 6.07) is 0. The molecule has 2 aliphatic heterocycles. The van der Waals surface area contributed by atoms with Gasteiger partial charge in [0.25, 0.3) is 0 Å². The zero-order valence-corrected chi connectivity index (χ0v) is 14.6. The number of sulfone groups is 1. The monoisotopic (exact) mass is 334 g/mol. The highest BCUT2D eigenvalue weighted by Gasteiger charge is 2.45. The molecule has 2 saturated heterocycles. The van der Waals surface area contributed by atoms with Crippen molar-refractivity contribution in [3.8, 4) is 0 Å². The summed E-state index contributed by atoms with van der Waals surface area (Å²) in [7, 11) is -3.24. The Morgan fingerprint density at radius 1 is 1.48 bits per heavy atom. The highest BCUT2D eigenvalue weighted by atomic mass is 32.2. The van der Waals surface area contributed by atoms with E-state index in [0.717, 1.165) is 38.0 Å². The smallest absolute Gasteiger partial charge is 0.231 e. The molecule has 7 heteroatoms. The molecule has 1 amide bonds. The molecule has 1 N–H and O–H groups in total. The third-order valence-corrected chi connectivity index (χ3v) is 7.14. The third-order valence-electron chi connectivity index (χ3n) is 4.49. The number of carbonyl (C=O) groups is 1. The van der Waals surface area contributed by atoms with Crippen LogP contribution in [0.2, 0.25) is 0 Å². The fourth-order valence-corrected chi connectivity index (χ4v) is 6.24. The van der Waals surface area contributed by atoms with Gasteiger partial charge >= 0.3 is 0 Å². The van der Waals surface area contributed by atoms with Crippen LogP contribution in [0.1, 0.15) is 32.6 Å². The molecular formula is C14H26N2O3S2. The summed E-state index contributed by atoms with van der Waals surface area (Å²) < 4.78 is 24.0. The van der Waals surface area contributed by atoms with Gasteiger partial charge in [-0.1, -0.05) is 13.3 Å². The van der Waals surface area contributed by atoms with Gasteiger partial charge in [0.05, 0.1) is 5.41 Å². The van der Waals surface area contributed by atoms with Crippen LogP contribution in [-0.4, -0.2) is 62.0 Å². The Kier molecular flexibility index (Phi) is 5.59. The molecule has 0 spiro atoms. The molecular weight excluding hydrogens is 308 g/mol. The second kappa shape index (κ2) is 6.87. The second-order valence-corrected chi connectivity index (χ2v) is 9.52. The fourth-order valence-electron chi connectivity index (χ4n) is 3.42. The molecule has 0 saturated carbocycles. The van der Waals surface area contributed by atoms with Gasteiger partial charge in [-0.25, -0.2) is 8.42 Å². The lowest BCUT2D eigenvalue weighted by Crippen LogP contribution is -2.58. The standard InChI is InChI=1S/C14H26N2O3S2/c1-3-5-14(6-4-7-15-11-14)13(17)16-8-9-20-10-12(16)21(2,18)19/h12,15H,3-11H2,1-2H3. The molecule has 2 rings (SSSR count). The van der Waals surface area contributed by atoms with Gasteiger partial charge in [0.2, 0.25) is 5.91 Å². The van der Waals surface area contributed by atoms with Crippen molar-refractivity contribution >= 4 is 27.5 Å². The van der Waals surface area contributed by atoms with E-state index in [2.05, 4.69) is 12.2 Å². The van der Waals surface area contributed by atoms with E-state index in [-0.39, 0.29) is 5.91 Å². The first-order chi connectivity index (χ1) is 9.91. The molecule has 21 heavy (non-hydrogen) atoms. The van der Waals surface area contributed by atoms with Gasteiger partial charge < -0.3 is 10.2 Å². The van der Waals surface area contributed by atoms with Gasteiger partial charge in [0, 0.05) is 30.9 Å². The SMILES string of the molecule is CCCC1(C(=O)N2CCSCC2S(C)(=O)=O)CCCNC1. The van der Waals surface area contributed by atoms with Crippen molar-refractivity contribution in [2.75, 3.05) is 37.4 Å². The lowest BCUT2D eigenvalue weighted by Gasteiger charge is -2.43. The van der Waals surface area contributed by atoms with Gasteiger partial charge in [-0.3, -0.25) is 4.79 Å². The van der Waals surface area contributed by atoms with Gasteiger partial charge in [-0.2, -0.15) is 11.8 Å². The number of nitrogens with one attached hydrogen (secondary N) is 1. The van der Waals surface area contributed by atoms with Crippen LogP contribution in [-0.2, 0) is 14.6 Å². The van der Waals surface area contributed by atoms with Crippen LogP contribution >= 0.6 is 11.8 Å². The zero-order chi connectivity index (χ0) is 15.5. The molecule has 2 atom stereocenters. The summed E-state index contributed by atoms with van der Waals surface area (Å²) in [5.74, 6) is 1.38. The summed E-state index contributed by atoms with van der Waals surface area (Å²) in [5, 5.41) is 2.68. The van der Waals surface area contributed by atoms with Gasteiger partial charge in [-0.05, 0) is 25.8 Å². The molecule has 122 valence electrons. The molecule has 0 aliphatic carbocycles. The van der Waals surface area contributed by atoms with Gasteiger partial charge in [0.1, 0.15) is 5.37 Å². The Bertz CT molecular complexity index is 467. The highest BCUT2D eigenvalue weighted by molar-refractivity contribution is 8.00. The van der Waals surface area contributed by atoms with Gasteiger partial charge in [-0.15, -0.1) is 0 Å². The largest absolute Gasteiger partial charge is 0.323 e. The van der Waals surface area contributed by atoms with E-state index in [0.29, 0.717) is 18.8 Å². The lowest BCUT2D eigenvalue weighted by atomic mass is 9.75. The third kappa shape index (κ3) is 3.74. The Morgan fingerprint density at radius 3 is 2.81 bits per heavy atom. The van der Waals surface area contributed by atoms with Crippen molar-refractivity contribution in [2.24, 2.45) is 5.41 Å². The number of carbonyl (C=O) groups excluding carboxylic acids is 1.